The molecule has 4 nitrogen and oxygen atoms in total. The van der Waals surface area contributed by atoms with Crippen LogP contribution in [-0.4, -0.2) is 26.1 Å². The molecule has 0 radical (unpaired) electrons. The molecule has 1 fully saturated rings. The number of Topliss-reactive ketones (excluding diaryl/α,β-unsaturated/α-hetero) is 1. The number of carbonyl (C=O) groups is 1. The average molecular weight is 371 g/mol. The highest BCUT2D eigenvalue weighted by Gasteiger charge is 2.50. The highest BCUT2D eigenvalue weighted by atomic mass is 79.9. The van der Waals surface area contributed by atoms with Crippen molar-refractivity contribution >= 4 is 37.3 Å². The first-order chi connectivity index (χ1) is 9.83. The highest BCUT2D eigenvalue weighted by Crippen LogP contribution is 2.47. The molecule has 21 heavy (non-hydrogen) atoms. The van der Waals surface area contributed by atoms with Gasteiger partial charge in [-0.1, -0.05) is 0 Å². The van der Waals surface area contributed by atoms with Crippen molar-refractivity contribution in [1.29, 1.82) is 0 Å². The summed E-state index contributed by atoms with van der Waals surface area (Å²) in [5, 5.41) is 0. The molecule has 3 rings (SSSR count). The number of halogens is 1. The zero-order valence-electron chi connectivity index (χ0n) is 11.6. The minimum Gasteiger partial charge on any atom is -0.477 e. The van der Waals surface area contributed by atoms with Crippen molar-refractivity contribution in [2.45, 2.75) is 36.2 Å². The Morgan fingerprint density at radius 1 is 1.14 bits per heavy atom. The molecular weight excluding hydrogens is 356 g/mol. The van der Waals surface area contributed by atoms with E-state index in [1.807, 2.05) is 0 Å². The Kier molecular flexibility index (Phi) is 3.48. The molecule has 0 amide bonds. The summed E-state index contributed by atoms with van der Waals surface area (Å²) in [5.74, 6) is 0.518. The van der Waals surface area contributed by atoms with Gasteiger partial charge in [0.1, 0.15) is 10.2 Å². The summed E-state index contributed by atoms with van der Waals surface area (Å²) in [6, 6.07) is 6.42. The second-order valence-corrected chi connectivity index (χ2v) is 8.38. The number of hydrogen-bond donors (Lipinski definition) is 0. The molecule has 1 saturated carbocycles. The normalized spacial score (nSPS) is 21.1. The maximum absolute atomic E-state index is 12.4. The van der Waals surface area contributed by atoms with Crippen LogP contribution in [0.4, 0.5) is 0 Å². The van der Waals surface area contributed by atoms with Crippen LogP contribution in [0.25, 0.3) is 5.76 Å². The fourth-order valence-corrected chi connectivity index (χ4v) is 4.21. The molecule has 0 atom stereocenters. The van der Waals surface area contributed by atoms with Crippen LogP contribution in [0.5, 0.6) is 0 Å². The molecule has 2 aliphatic rings. The lowest BCUT2D eigenvalue weighted by Gasteiger charge is -2.22. The molecule has 6 heteroatoms. The summed E-state index contributed by atoms with van der Waals surface area (Å²) in [6.45, 7) is 0. The molecule has 1 aliphatic carbocycles. The molecule has 0 aromatic heterocycles. The molecule has 1 spiro atoms. The third-order valence-corrected chi connectivity index (χ3v) is 5.91. The molecule has 1 aromatic carbocycles. The number of carbonyl (C=O) groups excluding carboxylic acids is 1. The smallest absolute Gasteiger partial charge is 0.217 e. The van der Waals surface area contributed by atoms with Crippen molar-refractivity contribution < 1.29 is 17.9 Å². The first-order valence-electron chi connectivity index (χ1n) is 6.78. The van der Waals surface area contributed by atoms with Crippen LogP contribution < -0.4 is 0 Å². The summed E-state index contributed by atoms with van der Waals surface area (Å²) in [5.41, 5.74) is 0.00957. The van der Waals surface area contributed by atoms with Crippen LogP contribution in [0.3, 0.4) is 0 Å². The molecule has 1 aromatic rings. The minimum atomic E-state index is -3.23. The van der Waals surface area contributed by atoms with Gasteiger partial charge in [0.05, 0.1) is 4.90 Å². The maximum atomic E-state index is 12.4. The SMILES string of the molecule is CS(=O)(=O)c1ccc(C2=C(Br)C(=O)C3(CCCC3)O2)cc1. The lowest BCUT2D eigenvalue weighted by atomic mass is 9.98. The minimum absolute atomic E-state index is 0.00203. The molecule has 0 saturated heterocycles. The van der Waals surface area contributed by atoms with E-state index in [4.69, 9.17) is 4.74 Å². The molecule has 0 unspecified atom stereocenters. The Hall–Kier alpha value is -1.14. The second-order valence-electron chi connectivity index (χ2n) is 5.57. The number of benzene rings is 1. The number of sulfone groups is 1. The Bertz CT molecular complexity index is 725. The second kappa shape index (κ2) is 4.95. The standard InChI is InChI=1S/C15H15BrO4S/c1-21(18,19)11-6-4-10(5-7-11)13-12(16)14(17)15(20-13)8-2-3-9-15/h4-7H,2-3,8-9H2,1H3. The van der Waals surface area contributed by atoms with Gasteiger partial charge in [0.15, 0.2) is 15.4 Å². The number of hydrogen-bond acceptors (Lipinski definition) is 4. The lowest BCUT2D eigenvalue weighted by Crippen LogP contribution is -2.33. The van der Waals surface area contributed by atoms with Crippen molar-refractivity contribution in [1.82, 2.24) is 0 Å². The van der Waals surface area contributed by atoms with Gasteiger partial charge in [-0.15, -0.1) is 0 Å². The van der Waals surface area contributed by atoms with Crippen LogP contribution in [-0.2, 0) is 19.4 Å². The van der Waals surface area contributed by atoms with E-state index in [-0.39, 0.29) is 10.7 Å². The molecule has 0 bridgehead atoms. The summed E-state index contributed by atoms with van der Waals surface area (Å²) in [4.78, 5) is 12.7. The molecule has 0 N–H and O–H groups in total. The van der Waals surface area contributed by atoms with Crippen LogP contribution in [0, 0.1) is 0 Å². The Morgan fingerprint density at radius 3 is 2.24 bits per heavy atom. The highest BCUT2D eigenvalue weighted by molar-refractivity contribution is 9.12. The Labute approximate surface area is 132 Å². The van der Waals surface area contributed by atoms with Gasteiger partial charge in [0, 0.05) is 11.8 Å². The number of rotatable bonds is 2. The van der Waals surface area contributed by atoms with Gasteiger partial charge in [-0.05, 0) is 65.9 Å². The van der Waals surface area contributed by atoms with Gasteiger partial charge in [0.2, 0.25) is 5.78 Å². The van der Waals surface area contributed by atoms with Gasteiger partial charge in [-0.3, -0.25) is 4.79 Å². The van der Waals surface area contributed by atoms with Crippen LogP contribution in [0.2, 0.25) is 0 Å². The van der Waals surface area contributed by atoms with E-state index >= 15 is 0 Å². The van der Waals surface area contributed by atoms with Gasteiger partial charge in [-0.2, -0.15) is 0 Å². The fourth-order valence-electron chi connectivity index (χ4n) is 2.90. The van der Waals surface area contributed by atoms with Gasteiger partial charge >= 0.3 is 0 Å². The van der Waals surface area contributed by atoms with E-state index in [1.165, 1.54) is 18.4 Å². The van der Waals surface area contributed by atoms with Gasteiger partial charge in [-0.25, -0.2) is 8.42 Å². The zero-order chi connectivity index (χ0) is 15.3. The predicted molar refractivity (Wildman–Crippen MR) is 82.7 cm³/mol. The van der Waals surface area contributed by atoms with E-state index in [0.29, 0.717) is 15.8 Å². The molecular formula is C15H15BrO4S. The van der Waals surface area contributed by atoms with E-state index in [2.05, 4.69) is 15.9 Å². The lowest BCUT2D eigenvalue weighted by molar-refractivity contribution is -0.128. The van der Waals surface area contributed by atoms with Crippen molar-refractivity contribution in [3.63, 3.8) is 0 Å². The summed E-state index contributed by atoms with van der Waals surface area (Å²) in [7, 11) is -3.23. The largest absolute Gasteiger partial charge is 0.477 e. The van der Waals surface area contributed by atoms with E-state index < -0.39 is 15.4 Å². The number of ketones is 1. The van der Waals surface area contributed by atoms with Gasteiger partial charge in [0.25, 0.3) is 0 Å². The zero-order valence-corrected chi connectivity index (χ0v) is 14.0. The monoisotopic (exact) mass is 370 g/mol. The predicted octanol–water partition coefficient (Wildman–Crippen LogP) is 3.07. The van der Waals surface area contributed by atoms with Crippen LogP contribution in [0.1, 0.15) is 31.2 Å². The van der Waals surface area contributed by atoms with Crippen LogP contribution in [0.15, 0.2) is 33.6 Å². The molecule has 1 heterocycles. The molecule has 112 valence electrons. The van der Waals surface area contributed by atoms with Crippen molar-refractivity contribution in [3.8, 4) is 0 Å². The molecule has 1 aliphatic heterocycles. The topological polar surface area (TPSA) is 60.4 Å². The Morgan fingerprint density at radius 2 is 1.71 bits per heavy atom. The van der Waals surface area contributed by atoms with Crippen molar-refractivity contribution in [3.05, 3.63) is 34.3 Å². The van der Waals surface area contributed by atoms with E-state index in [1.54, 1.807) is 12.1 Å². The van der Waals surface area contributed by atoms with Crippen molar-refractivity contribution in [2.75, 3.05) is 6.26 Å². The third kappa shape index (κ3) is 2.44. The summed E-state index contributed by atoms with van der Waals surface area (Å²) in [6.07, 6.45) is 4.64. The quantitative estimate of drug-likeness (QED) is 0.802. The van der Waals surface area contributed by atoms with E-state index in [9.17, 15) is 13.2 Å². The number of ether oxygens (including phenoxy) is 1. The van der Waals surface area contributed by atoms with Crippen molar-refractivity contribution in [2.24, 2.45) is 0 Å². The summed E-state index contributed by atoms with van der Waals surface area (Å²) < 4.78 is 29.4. The Balaban J connectivity index is 1.96. The van der Waals surface area contributed by atoms with Gasteiger partial charge < -0.3 is 4.74 Å². The maximum Gasteiger partial charge on any atom is 0.217 e. The van der Waals surface area contributed by atoms with Crippen LogP contribution >= 0.6 is 15.9 Å². The fraction of sp³-hybridized carbons (Fsp3) is 0.400. The average Bonchev–Trinajstić information content (AvgIpc) is 3.00. The third-order valence-electron chi connectivity index (χ3n) is 4.07. The van der Waals surface area contributed by atoms with E-state index in [0.717, 1.165) is 25.7 Å². The first kappa shape index (κ1) is 14.8. The summed E-state index contributed by atoms with van der Waals surface area (Å²) >= 11 is 3.34. The first-order valence-corrected chi connectivity index (χ1v) is 9.46.